The summed E-state index contributed by atoms with van der Waals surface area (Å²) in [7, 11) is 1.63. The minimum absolute atomic E-state index is 0.448. The molecule has 1 aromatic heterocycles. The Labute approximate surface area is 130 Å². The van der Waals surface area contributed by atoms with Gasteiger partial charge < -0.3 is 15.5 Å². The molecule has 0 spiro atoms. The molecule has 3 rings (SSSR count). The highest BCUT2D eigenvalue weighted by atomic mass is 79.9. The Balaban J connectivity index is 2.17. The number of hydrogen-bond acceptors (Lipinski definition) is 2. The van der Waals surface area contributed by atoms with Crippen molar-refractivity contribution in [1.82, 2.24) is 4.98 Å². The van der Waals surface area contributed by atoms with E-state index >= 15 is 0 Å². The van der Waals surface area contributed by atoms with E-state index in [2.05, 4.69) is 20.9 Å². The number of ether oxygens (including phenoxy) is 1. The SMILES string of the molecule is COc1ccc(-c2cc3c(Br)ccc(C(N)=O)c3[nH]2)cc1. The molecular weight excluding hydrogens is 332 g/mol. The first-order valence-electron chi connectivity index (χ1n) is 6.35. The topological polar surface area (TPSA) is 68.1 Å². The standard InChI is InChI=1S/C16H13BrN2O2/c1-21-10-4-2-9(3-5-10)14-8-12-13(17)7-6-11(16(18)20)15(12)19-14/h2-8,19H,1H3,(H2,18,20). The molecule has 4 nitrogen and oxygen atoms in total. The van der Waals surface area contributed by atoms with Crippen LogP contribution >= 0.6 is 15.9 Å². The molecule has 0 saturated carbocycles. The van der Waals surface area contributed by atoms with Gasteiger partial charge in [0.2, 0.25) is 0 Å². The number of fused-ring (bicyclic) bond motifs is 1. The molecule has 0 unspecified atom stereocenters. The van der Waals surface area contributed by atoms with Crippen molar-refractivity contribution >= 4 is 32.7 Å². The smallest absolute Gasteiger partial charge is 0.250 e. The zero-order valence-corrected chi connectivity index (χ0v) is 12.9. The van der Waals surface area contributed by atoms with Crippen LogP contribution in [0.1, 0.15) is 10.4 Å². The van der Waals surface area contributed by atoms with Crippen molar-refractivity contribution < 1.29 is 9.53 Å². The third-order valence-electron chi connectivity index (χ3n) is 3.41. The first-order valence-corrected chi connectivity index (χ1v) is 7.15. The summed E-state index contributed by atoms with van der Waals surface area (Å²) in [6.45, 7) is 0. The summed E-state index contributed by atoms with van der Waals surface area (Å²) in [5.74, 6) is 0.351. The van der Waals surface area contributed by atoms with Gasteiger partial charge in [-0.15, -0.1) is 0 Å². The molecule has 2 aromatic carbocycles. The van der Waals surface area contributed by atoms with Gasteiger partial charge in [-0.25, -0.2) is 0 Å². The summed E-state index contributed by atoms with van der Waals surface area (Å²) in [6, 6.07) is 13.2. The number of amides is 1. The molecule has 1 amide bonds. The Morgan fingerprint density at radius 2 is 1.90 bits per heavy atom. The second-order valence-electron chi connectivity index (χ2n) is 4.66. The van der Waals surface area contributed by atoms with E-state index in [1.807, 2.05) is 36.4 Å². The van der Waals surface area contributed by atoms with Crippen LogP contribution in [0.4, 0.5) is 0 Å². The zero-order chi connectivity index (χ0) is 15.0. The van der Waals surface area contributed by atoms with Crippen LogP contribution in [0, 0.1) is 0 Å². The monoisotopic (exact) mass is 344 g/mol. The highest BCUT2D eigenvalue weighted by molar-refractivity contribution is 9.10. The largest absolute Gasteiger partial charge is 0.497 e. The summed E-state index contributed by atoms with van der Waals surface area (Å²) in [4.78, 5) is 14.8. The van der Waals surface area contributed by atoms with Gasteiger partial charge in [-0.05, 0) is 48.0 Å². The molecule has 0 aliphatic heterocycles. The highest BCUT2D eigenvalue weighted by Crippen LogP contribution is 2.32. The summed E-state index contributed by atoms with van der Waals surface area (Å²) < 4.78 is 6.07. The van der Waals surface area contributed by atoms with E-state index in [1.165, 1.54) is 0 Å². The molecule has 0 fully saturated rings. The van der Waals surface area contributed by atoms with E-state index in [0.29, 0.717) is 5.56 Å². The molecule has 3 N–H and O–H groups in total. The molecule has 0 bridgehead atoms. The van der Waals surface area contributed by atoms with E-state index in [-0.39, 0.29) is 0 Å². The number of rotatable bonds is 3. The van der Waals surface area contributed by atoms with Crippen LogP contribution in [0.5, 0.6) is 5.75 Å². The van der Waals surface area contributed by atoms with Crippen LogP contribution in [-0.4, -0.2) is 18.0 Å². The van der Waals surface area contributed by atoms with E-state index in [4.69, 9.17) is 10.5 Å². The van der Waals surface area contributed by atoms with Crippen LogP contribution in [0.25, 0.3) is 22.2 Å². The van der Waals surface area contributed by atoms with Crippen molar-refractivity contribution in [2.75, 3.05) is 7.11 Å². The molecule has 0 saturated heterocycles. The number of nitrogens with two attached hydrogens (primary N) is 1. The summed E-state index contributed by atoms with van der Waals surface area (Å²) in [5.41, 5.74) is 8.57. The van der Waals surface area contributed by atoms with Gasteiger partial charge in [-0.3, -0.25) is 4.79 Å². The third kappa shape index (κ3) is 2.40. The summed E-state index contributed by atoms with van der Waals surface area (Å²) in [5, 5.41) is 0.928. The molecule has 106 valence electrons. The van der Waals surface area contributed by atoms with Crippen LogP contribution in [0.15, 0.2) is 46.9 Å². The van der Waals surface area contributed by atoms with Gasteiger partial charge in [0.15, 0.2) is 0 Å². The van der Waals surface area contributed by atoms with Crippen molar-refractivity contribution in [2.24, 2.45) is 5.73 Å². The second-order valence-corrected chi connectivity index (χ2v) is 5.51. The minimum atomic E-state index is -0.448. The highest BCUT2D eigenvalue weighted by Gasteiger charge is 2.13. The maximum Gasteiger partial charge on any atom is 0.250 e. The normalized spacial score (nSPS) is 10.8. The minimum Gasteiger partial charge on any atom is -0.497 e. The van der Waals surface area contributed by atoms with Gasteiger partial charge in [-0.2, -0.15) is 0 Å². The van der Waals surface area contributed by atoms with Gasteiger partial charge in [-0.1, -0.05) is 15.9 Å². The van der Waals surface area contributed by atoms with Crippen molar-refractivity contribution in [3.8, 4) is 17.0 Å². The number of aromatic nitrogens is 1. The zero-order valence-electron chi connectivity index (χ0n) is 11.3. The number of halogens is 1. The molecule has 0 aliphatic carbocycles. The average molecular weight is 345 g/mol. The molecule has 0 atom stereocenters. The van der Waals surface area contributed by atoms with Crippen molar-refractivity contribution in [2.45, 2.75) is 0 Å². The molecular formula is C16H13BrN2O2. The number of nitrogens with one attached hydrogen (secondary N) is 1. The van der Waals surface area contributed by atoms with E-state index in [1.54, 1.807) is 13.2 Å². The van der Waals surface area contributed by atoms with Crippen LogP contribution in [0.3, 0.4) is 0 Å². The lowest BCUT2D eigenvalue weighted by Gasteiger charge is -2.01. The predicted octanol–water partition coefficient (Wildman–Crippen LogP) is 3.70. The van der Waals surface area contributed by atoms with Gasteiger partial charge in [0.25, 0.3) is 5.91 Å². The quantitative estimate of drug-likeness (QED) is 0.760. The Bertz CT molecular complexity index is 822. The van der Waals surface area contributed by atoms with E-state index < -0.39 is 5.91 Å². The number of primary amides is 1. The van der Waals surface area contributed by atoms with Crippen LogP contribution < -0.4 is 10.5 Å². The number of benzene rings is 2. The average Bonchev–Trinajstić information content (AvgIpc) is 2.93. The van der Waals surface area contributed by atoms with Crippen molar-refractivity contribution in [3.63, 3.8) is 0 Å². The van der Waals surface area contributed by atoms with Crippen molar-refractivity contribution in [1.29, 1.82) is 0 Å². The fourth-order valence-corrected chi connectivity index (χ4v) is 2.76. The van der Waals surface area contributed by atoms with Gasteiger partial charge in [0.1, 0.15) is 5.75 Å². The van der Waals surface area contributed by atoms with Crippen LogP contribution in [0.2, 0.25) is 0 Å². The fraction of sp³-hybridized carbons (Fsp3) is 0.0625. The lowest BCUT2D eigenvalue weighted by Crippen LogP contribution is -2.11. The number of H-pyrrole nitrogens is 1. The number of hydrogen-bond donors (Lipinski definition) is 2. The number of aromatic amines is 1. The summed E-state index contributed by atoms with van der Waals surface area (Å²) >= 11 is 3.50. The fourth-order valence-electron chi connectivity index (χ4n) is 2.32. The Morgan fingerprint density at radius 1 is 1.19 bits per heavy atom. The lowest BCUT2D eigenvalue weighted by atomic mass is 10.1. The Kier molecular flexibility index (Phi) is 3.43. The lowest BCUT2D eigenvalue weighted by molar-refractivity contribution is 0.100. The third-order valence-corrected chi connectivity index (χ3v) is 4.10. The van der Waals surface area contributed by atoms with Gasteiger partial charge in [0, 0.05) is 15.6 Å². The molecule has 0 aliphatic rings. The maximum atomic E-state index is 11.5. The Morgan fingerprint density at radius 3 is 2.52 bits per heavy atom. The van der Waals surface area contributed by atoms with Crippen LogP contribution in [-0.2, 0) is 0 Å². The van der Waals surface area contributed by atoms with E-state index in [9.17, 15) is 4.79 Å². The molecule has 5 heteroatoms. The molecule has 21 heavy (non-hydrogen) atoms. The summed E-state index contributed by atoms with van der Waals surface area (Å²) in [6.07, 6.45) is 0. The molecule has 0 radical (unpaired) electrons. The number of methoxy groups -OCH3 is 1. The molecule has 3 aromatic rings. The first-order chi connectivity index (χ1) is 10.1. The van der Waals surface area contributed by atoms with Crippen molar-refractivity contribution in [3.05, 3.63) is 52.5 Å². The number of carbonyl (C=O) groups is 1. The second kappa shape index (κ2) is 5.26. The first kappa shape index (κ1) is 13.7. The number of carbonyl (C=O) groups excluding carboxylic acids is 1. The Hall–Kier alpha value is -2.27. The molecule has 1 heterocycles. The van der Waals surface area contributed by atoms with Gasteiger partial charge >= 0.3 is 0 Å². The van der Waals surface area contributed by atoms with Gasteiger partial charge in [0.05, 0.1) is 18.2 Å². The van der Waals surface area contributed by atoms with E-state index in [0.717, 1.165) is 32.4 Å². The predicted molar refractivity (Wildman–Crippen MR) is 86.5 cm³/mol. The maximum absolute atomic E-state index is 11.5.